The minimum absolute atomic E-state index is 0.0470. The molecule has 5 N–H and O–H groups in total. The number of aliphatic hydroxyl groups excluding tert-OH is 4. The summed E-state index contributed by atoms with van der Waals surface area (Å²) >= 11 is 0. The van der Waals surface area contributed by atoms with Crippen molar-refractivity contribution in [2.24, 2.45) is 34.0 Å². The molecular weight excluding hydrogens is 424 g/mol. The molecule has 0 aromatic heterocycles. The van der Waals surface area contributed by atoms with Crippen LogP contribution < -0.4 is 0 Å². The van der Waals surface area contributed by atoms with Crippen LogP contribution in [0.5, 0.6) is 0 Å². The fraction of sp³-hybridized carbons (Fsp3) is 1.00. The van der Waals surface area contributed by atoms with Crippen LogP contribution in [0.4, 0.5) is 0 Å². The highest BCUT2D eigenvalue weighted by Gasteiger charge is 2.67. The number of rotatable bonds is 3. The van der Waals surface area contributed by atoms with Crippen molar-refractivity contribution < 1.29 is 35.0 Å². The highest BCUT2D eigenvalue weighted by Crippen LogP contribution is 2.73. The van der Waals surface area contributed by atoms with E-state index in [9.17, 15) is 25.5 Å². The van der Waals surface area contributed by atoms with E-state index in [0.29, 0.717) is 17.8 Å². The van der Waals surface area contributed by atoms with Crippen LogP contribution in [-0.2, 0) is 9.47 Å². The van der Waals surface area contributed by atoms with Crippen molar-refractivity contribution in [3.8, 4) is 0 Å². The van der Waals surface area contributed by atoms with E-state index >= 15 is 0 Å². The van der Waals surface area contributed by atoms with E-state index in [-0.39, 0.29) is 22.3 Å². The van der Waals surface area contributed by atoms with Crippen molar-refractivity contribution in [1.82, 2.24) is 0 Å². The molecule has 1 spiro atoms. The molecule has 1 heterocycles. The molecule has 7 nitrogen and oxygen atoms in total. The molecule has 2 bridgehead atoms. The standard InChI is InChI=1S/C26H44O7/c1-23(2)10-15(32-22-21(30)20(29)19(28)16(12-27)33-22)11-24(3)17(23)7-8-26-9-14(5-6-18(24)26)25(4,31)13-26/h14-22,27-31H,5-13H2,1-4H3/t14-,15+,16+,17+,18-,19+,20+,21+,22+,24+,25+,26-/m0/s1. The normalized spacial score (nSPS) is 57.9. The minimum atomic E-state index is -1.42. The zero-order valence-corrected chi connectivity index (χ0v) is 20.6. The minimum Gasteiger partial charge on any atom is -0.394 e. The third-order valence-corrected chi connectivity index (χ3v) is 10.8. The number of ether oxygens (including phenoxy) is 2. The van der Waals surface area contributed by atoms with E-state index in [1.165, 1.54) is 12.8 Å². The Morgan fingerprint density at radius 1 is 0.879 bits per heavy atom. The van der Waals surface area contributed by atoms with E-state index in [1.807, 2.05) is 6.92 Å². The van der Waals surface area contributed by atoms with Crippen molar-refractivity contribution in [1.29, 1.82) is 0 Å². The van der Waals surface area contributed by atoms with Gasteiger partial charge in [0.1, 0.15) is 24.4 Å². The molecule has 0 radical (unpaired) electrons. The molecule has 33 heavy (non-hydrogen) atoms. The van der Waals surface area contributed by atoms with Gasteiger partial charge in [-0.25, -0.2) is 0 Å². The Bertz CT molecular complexity index is 753. The van der Waals surface area contributed by atoms with Crippen LogP contribution in [-0.4, -0.2) is 74.6 Å². The maximum Gasteiger partial charge on any atom is 0.186 e. The Hall–Kier alpha value is -0.280. The molecule has 1 saturated heterocycles. The van der Waals surface area contributed by atoms with Gasteiger partial charge in [-0.05, 0) is 92.3 Å². The van der Waals surface area contributed by atoms with Gasteiger partial charge >= 0.3 is 0 Å². The fourth-order valence-electron chi connectivity index (χ4n) is 9.72. The molecule has 190 valence electrons. The summed E-state index contributed by atoms with van der Waals surface area (Å²) in [6, 6.07) is 0. The maximum atomic E-state index is 11.1. The Morgan fingerprint density at radius 3 is 2.30 bits per heavy atom. The quantitative estimate of drug-likeness (QED) is 0.402. The molecule has 5 rings (SSSR count). The Kier molecular flexibility index (Phi) is 5.81. The summed E-state index contributed by atoms with van der Waals surface area (Å²) in [5.41, 5.74) is -0.247. The zero-order valence-electron chi connectivity index (χ0n) is 20.6. The predicted molar refractivity (Wildman–Crippen MR) is 121 cm³/mol. The van der Waals surface area contributed by atoms with E-state index < -0.39 is 42.9 Å². The topological polar surface area (TPSA) is 120 Å². The summed E-state index contributed by atoms with van der Waals surface area (Å²) in [5, 5.41) is 51.6. The molecule has 0 unspecified atom stereocenters. The molecule has 0 amide bonds. The first-order valence-corrected chi connectivity index (χ1v) is 13.0. The van der Waals surface area contributed by atoms with Gasteiger partial charge in [0.15, 0.2) is 6.29 Å². The monoisotopic (exact) mass is 468 g/mol. The van der Waals surface area contributed by atoms with Crippen LogP contribution >= 0.6 is 0 Å². The molecule has 12 atom stereocenters. The van der Waals surface area contributed by atoms with Gasteiger partial charge < -0.3 is 35.0 Å². The largest absolute Gasteiger partial charge is 0.394 e. The summed E-state index contributed by atoms with van der Waals surface area (Å²) in [6.07, 6.45) is 1.97. The average molecular weight is 469 g/mol. The first-order valence-electron chi connectivity index (χ1n) is 13.0. The van der Waals surface area contributed by atoms with Crippen LogP contribution in [0.15, 0.2) is 0 Å². The Morgan fingerprint density at radius 2 is 1.61 bits per heavy atom. The predicted octanol–water partition coefficient (Wildman–Crippen LogP) is 1.97. The average Bonchev–Trinajstić information content (AvgIpc) is 2.90. The van der Waals surface area contributed by atoms with Gasteiger partial charge in [-0.15, -0.1) is 0 Å². The van der Waals surface area contributed by atoms with E-state index in [0.717, 1.165) is 38.5 Å². The highest BCUT2D eigenvalue weighted by molar-refractivity contribution is 5.16. The summed E-state index contributed by atoms with van der Waals surface area (Å²) in [6.45, 7) is 8.67. The number of hydrogen-bond donors (Lipinski definition) is 5. The van der Waals surface area contributed by atoms with Crippen molar-refractivity contribution in [3.63, 3.8) is 0 Å². The fourth-order valence-corrected chi connectivity index (χ4v) is 9.72. The lowest BCUT2D eigenvalue weighted by Crippen LogP contribution is -2.62. The SMILES string of the molecule is CC1(C)C[C@@H](O[C@@H]2O[C@H](CO)[C@@H](O)[C@@H](O)[C@H]2O)C[C@]2(C)[C@@H]1CC[C@@]13C[C@H](CC[C@H]12)[C@](C)(O)C3. The lowest BCUT2D eigenvalue weighted by molar-refractivity contribution is -0.322. The van der Waals surface area contributed by atoms with Gasteiger partial charge in [-0.2, -0.15) is 0 Å². The molecule has 0 aromatic rings. The molecule has 5 aliphatic rings. The van der Waals surface area contributed by atoms with Gasteiger partial charge in [-0.3, -0.25) is 0 Å². The second kappa shape index (κ2) is 7.86. The van der Waals surface area contributed by atoms with Crippen LogP contribution in [0.25, 0.3) is 0 Å². The number of hydrogen-bond acceptors (Lipinski definition) is 7. The van der Waals surface area contributed by atoms with Gasteiger partial charge in [0, 0.05) is 0 Å². The molecular formula is C26H44O7. The molecule has 4 saturated carbocycles. The maximum absolute atomic E-state index is 11.1. The van der Waals surface area contributed by atoms with E-state index in [1.54, 1.807) is 0 Å². The van der Waals surface area contributed by atoms with Gasteiger partial charge in [0.2, 0.25) is 0 Å². The summed E-state index contributed by atoms with van der Waals surface area (Å²) in [4.78, 5) is 0. The van der Waals surface area contributed by atoms with E-state index in [2.05, 4.69) is 20.8 Å². The van der Waals surface area contributed by atoms with Gasteiger partial charge in [0.05, 0.1) is 18.3 Å². The summed E-state index contributed by atoms with van der Waals surface area (Å²) < 4.78 is 12.0. The van der Waals surface area contributed by atoms with Crippen molar-refractivity contribution in [3.05, 3.63) is 0 Å². The van der Waals surface area contributed by atoms with Crippen molar-refractivity contribution in [2.45, 2.75) is 121 Å². The van der Waals surface area contributed by atoms with Crippen molar-refractivity contribution >= 4 is 0 Å². The first kappa shape index (κ1) is 24.4. The first-order chi connectivity index (χ1) is 15.3. The second-order valence-corrected chi connectivity index (χ2v) is 13.4. The van der Waals surface area contributed by atoms with E-state index in [4.69, 9.17) is 9.47 Å². The number of aliphatic hydroxyl groups is 5. The second-order valence-electron chi connectivity index (χ2n) is 13.4. The summed E-state index contributed by atoms with van der Waals surface area (Å²) in [7, 11) is 0. The number of fused-ring (bicyclic) bond motifs is 3. The zero-order chi connectivity index (χ0) is 24.0. The lowest BCUT2D eigenvalue weighted by Gasteiger charge is -2.65. The molecule has 0 aromatic carbocycles. The third-order valence-electron chi connectivity index (χ3n) is 10.8. The van der Waals surface area contributed by atoms with Gasteiger partial charge in [0.25, 0.3) is 0 Å². The third kappa shape index (κ3) is 3.64. The smallest absolute Gasteiger partial charge is 0.186 e. The summed E-state index contributed by atoms with van der Waals surface area (Å²) in [5.74, 6) is 1.51. The van der Waals surface area contributed by atoms with Crippen molar-refractivity contribution in [2.75, 3.05) is 6.61 Å². The van der Waals surface area contributed by atoms with Crippen LogP contribution in [0.1, 0.15) is 79.1 Å². The van der Waals surface area contributed by atoms with Gasteiger partial charge in [-0.1, -0.05) is 20.8 Å². The van der Waals surface area contributed by atoms with Crippen LogP contribution in [0, 0.1) is 34.0 Å². The Labute approximate surface area is 197 Å². The Balaban J connectivity index is 1.40. The van der Waals surface area contributed by atoms with Crippen LogP contribution in [0.2, 0.25) is 0 Å². The molecule has 1 aliphatic heterocycles. The molecule has 7 heteroatoms. The molecule has 4 aliphatic carbocycles. The lowest BCUT2D eigenvalue weighted by atomic mass is 9.41. The highest BCUT2D eigenvalue weighted by atomic mass is 16.7. The van der Waals surface area contributed by atoms with Crippen LogP contribution in [0.3, 0.4) is 0 Å². The molecule has 5 fully saturated rings.